The highest BCUT2D eigenvalue weighted by molar-refractivity contribution is 4.52. The van der Waals surface area contributed by atoms with Gasteiger partial charge in [0, 0.05) is 0 Å². The Labute approximate surface area is 93.5 Å². The van der Waals surface area contributed by atoms with Gasteiger partial charge in [0.25, 0.3) is 0 Å². The molecule has 0 saturated carbocycles. The van der Waals surface area contributed by atoms with Crippen molar-refractivity contribution >= 4 is 0 Å². The molecule has 0 bridgehead atoms. The van der Waals surface area contributed by atoms with Crippen LogP contribution in [0.3, 0.4) is 0 Å². The van der Waals surface area contributed by atoms with Crippen LogP contribution < -0.4 is 0 Å². The maximum atomic E-state index is 2.34. The highest BCUT2D eigenvalue weighted by Gasteiger charge is 1.99. The summed E-state index contributed by atoms with van der Waals surface area (Å²) in [4.78, 5) is 0. The summed E-state index contributed by atoms with van der Waals surface area (Å²) in [5, 5.41) is 0. The van der Waals surface area contributed by atoms with E-state index >= 15 is 0 Å². The molecule has 0 heteroatoms. The molecule has 0 aliphatic rings. The SMILES string of the molecule is CC.CCC.CCC(C)CCC(C)C. The zero-order valence-corrected chi connectivity index (χ0v) is 12.0. The van der Waals surface area contributed by atoms with Gasteiger partial charge in [-0.1, -0.05) is 81.1 Å². The molecule has 0 aliphatic heterocycles. The molecule has 0 radical (unpaired) electrons. The van der Waals surface area contributed by atoms with Crippen molar-refractivity contribution in [2.45, 2.75) is 81.1 Å². The molecule has 1 unspecified atom stereocenters. The molecule has 0 N–H and O–H groups in total. The van der Waals surface area contributed by atoms with Gasteiger partial charge in [-0.25, -0.2) is 0 Å². The standard InChI is InChI=1S/C9H20.C3H8.C2H6/c1-5-9(4)7-6-8(2)3;1-3-2;1-2/h8-9H,5-7H2,1-4H3;3H2,1-2H3;1-2H3. The third-order valence-electron chi connectivity index (χ3n) is 1.93. The number of hydrogen-bond acceptors (Lipinski definition) is 0. The molecule has 0 aromatic carbocycles. The molecule has 0 rings (SSSR count). The summed E-state index contributed by atoms with van der Waals surface area (Å²) >= 11 is 0. The van der Waals surface area contributed by atoms with E-state index in [0.29, 0.717) is 0 Å². The van der Waals surface area contributed by atoms with Crippen molar-refractivity contribution in [3.05, 3.63) is 0 Å². The van der Waals surface area contributed by atoms with Gasteiger partial charge in [0.15, 0.2) is 0 Å². The minimum absolute atomic E-state index is 0.888. The molecule has 0 saturated heterocycles. The second kappa shape index (κ2) is 18.7. The number of hydrogen-bond donors (Lipinski definition) is 0. The average Bonchev–Trinajstić information content (AvgIpc) is 2.18. The fourth-order valence-electron chi connectivity index (χ4n) is 0.822. The summed E-state index contributed by atoms with van der Waals surface area (Å²) in [6.45, 7) is 17.4. The van der Waals surface area contributed by atoms with Gasteiger partial charge < -0.3 is 0 Å². The van der Waals surface area contributed by atoms with Crippen LogP contribution in [0.5, 0.6) is 0 Å². The van der Waals surface area contributed by atoms with Gasteiger partial charge in [0.05, 0.1) is 0 Å². The first-order chi connectivity index (χ1) is 6.58. The maximum Gasteiger partial charge on any atom is -0.0445 e. The van der Waals surface area contributed by atoms with E-state index in [1.54, 1.807) is 0 Å². The van der Waals surface area contributed by atoms with Crippen molar-refractivity contribution in [1.82, 2.24) is 0 Å². The Kier molecular flexibility index (Phi) is 26.1. The van der Waals surface area contributed by atoms with Crippen molar-refractivity contribution in [3.8, 4) is 0 Å². The molecule has 0 aromatic rings. The quantitative estimate of drug-likeness (QED) is 0.531. The minimum Gasteiger partial charge on any atom is -0.0683 e. The topological polar surface area (TPSA) is 0 Å². The van der Waals surface area contributed by atoms with E-state index in [0.717, 1.165) is 11.8 Å². The van der Waals surface area contributed by atoms with Gasteiger partial charge >= 0.3 is 0 Å². The van der Waals surface area contributed by atoms with Gasteiger partial charge in [0.1, 0.15) is 0 Å². The van der Waals surface area contributed by atoms with Crippen LogP contribution in [-0.4, -0.2) is 0 Å². The van der Waals surface area contributed by atoms with E-state index < -0.39 is 0 Å². The second-order valence-electron chi connectivity index (χ2n) is 4.19. The average molecular weight is 202 g/mol. The van der Waals surface area contributed by atoms with Crippen LogP contribution in [0.25, 0.3) is 0 Å². The largest absolute Gasteiger partial charge is 0.0683 e. The number of rotatable bonds is 4. The van der Waals surface area contributed by atoms with Gasteiger partial charge in [-0.3, -0.25) is 0 Å². The zero-order valence-electron chi connectivity index (χ0n) is 12.0. The maximum absolute atomic E-state index is 2.34. The van der Waals surface area contributed by atoms with E-state index in [2.05, 4.69) is 41.5 Å². The first-order valence-corrected chi connectivity index (χ1v) is 6.58. The second-order valence-corrected chi connectivity index (χ2v) is 4.19. The Hall–Kier alpha value is 0. The van der Waals surface area contributed by atoms with Gasteiger partial charge in [-0.15, -0.1) is 0 Å². The van der Waals surface area contributed by atoms with Crippen molar-refractivity contribution < 1.29 is 0 Å². The summed E-state index contributed by atoms with van der Waals surface area (Å²) < 4.78 is 0. The lowest BCUT2D eigenvalue weighted by Gasteiger charge is -2.09. The molecule has 1 atom stereocenters. The minimum atomic E-state index is 0.888. The van der Waals surface area contributed by atoms with Crippen LogP contribution in [-0.2, 0) is 0 Å². The molecule has 0 aliphatic carbocycles. The molecule has 14 heavy (non-hydrogen) atoms. The molecule has 0 amide bonds. The van der Waals surface area contributed by atoms with Gasteiger partial charge in [-0.05, 0) is 11.8 Å². The Balaban J connectivity index is -0.000000205. The summed E-state index contributed by atoms with van der Waals surface area (Å²) in [6, 6.07) is 0. The Bertz CT molecular complexity index is 64.4. The molecule has 0 nitrogen and oxygen atoms in total. The fraction of sp³-hybridized carbons (Fsp3) is 1.00. The van der Waals surface area contributed by atoms with Crippen LogP contribution in [0.15, 0.2) is 0 Å². The van der Waals surface area contributed by atoms with E-state index in [9.17, 15) is 0 Å². The lowest BCUT2D eigenvalue weighted by molar-refractivity contribution is 0.441. The molecule has 0 heterocycles. The Morgan fingerprint density at radius 3 is 1.36 bits per heavy atom. The van der Waals surface area contributed by atoms with Crippen LogP contribution in [0, 0.1) is 11.8 Å². The van der Waals surface area contributed by atoms with Gasteiger partial charge in [0.2, 0.25) is 0 Å². The molecule has 0 aromatic heterocycles. The van der Waals surface area contributed by atoms with Crippen molar-refractivity contribution in [2.24, 2.45) is 11.8 Å². The highest BCUT2D eigenvalue weighted by atomic mass is 14.1. The molecule has 0 spiro atoms. The first kappa shape index (κ1) is 19.6. The monoisotopic (exact) mass is 202 g/mol. The predicted octanol–water partition coefficient (Wildman–Crippen LogP) is 5.91. The fourth-order valence-corrected chi connectivity index (χ4v) is 0.822. The summed E-state index contributed by atoms with van der Waals surface area (Å²) in [5.41, 5.74) is 0. The zero-order chi connectivity index (χ0) is 12.0. The van der Waals surface area contributed by atoms with Crippen LogP contribution in [0.4, 0.5) is 0 Å². The molecular weight excluding hydrogens is 168 g/mol. The van der Waals surface area contributed by atoms with Crippen LogP contribution in [0.2, 0.25) is 0 Å². The third kappa shape index (κ3) is 29.6. The molecule has 90 valence electrons. The predicted molar refractivity (Wildman–Crippen MR) is 70.8 cm³/mol. The third-order valence-corrected chi connectivity index (χ3v) is 1.93. The summed E-state index contributed by atoms with van der Waals surface area (Å²) in [6.07, 6.45) is 5.40. The normalized spacial score (nSPS) is 10.9. The smallest absolute Gasteiger partial charge is 0.0445 e. The van der Waals surface area contributed by atoms with E-state index in [1.165, 1.54) is 25.7 Å². The first-order valence-electron chi connectivity index (χ1n) is 6.58. The lowest BCUT2D eigenvalue weighted by Crippen LogP contribution is -1.95. The molecular formula is C14H34. The van der Waals surface area contributed by atoms with Crippen molar-refractivity contribution in [2.75, 3.05) is 0 Å². The van der Waals surface area contributed by atoms with Gasteiger partial charge in [-0.2, -0.15) is 0 Å². The Morgan fingerprint density at radius 1 is 0.786 bits per heavy atom. The van der Waals surface area contributed by atoms with E-state index in [-0.39, 0.29) is 0 Å². The Morgan fingerprint density at radius 2 is 1.14 bits per heavy atom. The van der Waals surface area contributed by atoms with Crippen LogP contribution in [0.1, 0.15) is 81.1 Å². The highest BCUT2D eigenvalue weighted by Crippen LogP contribution is 2.13. The van der Waals surface area contributed by atoms with E-state index in [4.69, 9.17) is 0 Å². The van der Waals surface area contributed by atoms with Crippen molar-refractivity contribution in [3.63, 3.8) is 0 Å². The van der Waals surface area contributed by atoms with E-state index in [1.807, 2.05) is 13.8 Å². The summed E-state index contributed by atoms with van der Waals surface area (Å²) in [5.74, 6) is 1.83. The van der Waals surface area contributed by atoms with Crippen LogP contribution >= 0.6 is 0 Å². The summed E-state index contributed by atoms with van der Waals surface area (Å²) in [7, 11) is 0. The molecule has 0 fully saturated rings. The van der Waals surface area contributed by atoms with Crippen molar-refractivity contribution in [1.29, 1.82) is 0 Å². The lowest BCUT2D eigenvalue weighted by atomic mass is 9.98.